The van der Waals surface area contributed by atoms with Crippen LogP contribution >= 0.6 is 0 Å². The summed E-state index contributed by atoms with van der Waals surface area (Å²) in [6, 6.07) is 6.66. The Labute approximate surface area is 137 Å². The topological polar surface area (TPSA) is 49.8 Å². The highest BCUT2D eigenvalue weighted by atomic mass is 16.5. The second-order valence-corrected chi connectivity index (χ2v) is 7.23. The fraction of sp³-hybridized carbons (Fsp3) is 0.632. The van der Waals surface area contributed by atoms with Gasteiger partial charge in [-0.25, -0.2) is 0 Å². The minimum absolute atomic E-state index is 0.277. The average molecular weight is 315 g/mol. The van der Waals surface area contributed by atoms with Crippen molar-refractivity contribution < 1.29 is 14.6 Å². The molecule has 1 saturated carbocycles. The molecule has 1 aromatic rings. The molecule has 1 saturated heterocycles. The molecular weight excluding hydrogens is 290 g/mol. The van der Waals surface area contributed by atoms with Gasteiger partial charge < -0.3 is 9.84 Å². The number of rotatable bonds is 4. The zero-order valence-electron chi connectivity index (χ0n) is 13.5. The summed E-state index contributed by atoms with van der Waals surface area (Å²) >= 11 is 0. The van der Waals surface area contributed by atoms with E-state index in [-0.39, 0.29) is 6.04 Å². The first-order valence-corrected chi connectivity index (χ1v) is 8.95. The third-order valence-corrected chi connectivity index (χ3v) is 5.92. The molecule has 2 aliphatic heterocycles. The molecule has 4 nitrogen and oxygen atoms in total. The van der Waals surface area contributed by atoms with Gasteiger partial charge in [-0.1, -0.05) is 25.0 Å². The van der Waals surface area contributed by atoms with Gasteiger partial charge >= 0.3 is 5.97 Å². The van der Waals surface area contributed by atoms with E-state index in [0.29, 0.717) is 12.0 Å². The Morgan fingerprint density at radius 3 is 3.04 bits per heavy atom. The van der Waals surface area contributed by atoms with Crippen LogP contribution < -0.4 is 4.74 Å². The molecule has 3 unspecified atom stereocenters. The summed E-state index contributed by atoms with van der Waals surface area (Å²) in [5, 5.41) is 9.60. The number of carboxylic acids is 1. The van der Waals surface area contributed by atoms with Crippen molar-refractivity contribution in [2.24, 2.45) is 5.92 Å². The van der Waals surface area contributed by atoms with Crippen LogP contribution in [0.3, 0.4) is 0 Å². The van der Waals surface area contributed by atoms with E-state index >= 15 is 0 Å². The minimum atomic E-state index is -0.637. The Balaban J connectivity index is 1.46. The van der Waals surface area contributed by atoms with E-state index in [9.17, 15) is 9.90 Å². The van der Waals surface area contributed by atoms with Gasteiger partial charge in [0, 0.05) is 19.0 Å². The zero-order valence-corrected chi connectivity index (χ0v) is 13.5. The average Bonchev–Trinajstić information content (AvgIpc) is 3.16. The van der Waals surface area contributed by atoms with E-state index < -0.39 is 5.97 Å². The lowest BCUT2D eigenvalue weighted by molar-refractivity contribution is -0.142. The predicted molar refractivity (Wildman–Crippen MR) is 87.8 cm³/mol. The zero-order chi connectivity index (χ0) is 15.8. The standard InChI is InChI=1S/C19H25NO3/c21-19(22)17-12-14-3-1-2-4-16(14)20(17)9-7-13-5-6-18-15(11-13)8-10-23-18/h5-6,11,14,16-17H,1-4,7-10,12H2,(H,21,22). The van der Waals surface area contributed by atoms with Crippen LogP contribution in [-0.2, 0) is 17.6 Å². The molecule has 0 aromatic heterocycles. The first-order chi connectivity index (χ1) is 11.2. The first kappa shape index (κ1) is 15.0. The van der Waals surface area contributed by atoms with Crippen molar-refractivity contribution in [3.8, 4) is 5.75 Å². The number of carbonyl (C=O) groups is 1. The van der Waals surface area contributed by atoms with E-state index in [1.165, 1.54) is 36.8 Å². The van der Waals surface area contributed by atoms with Crippen molar-refractivity contribution in [2.75, 3.05) is 13.2 Å². The van der Waals surface area contributed by atoms with Crippen molar-refractivity contribution in [3.05, 3.63) is 29.3 Å². The van der Waals surface area contributed by atoms with Gasteiger partial charge in [0.1, 0.15) is 11.8 Å². The molecule has 4 rings (SSSR count). The van der Waals surface area contributed by atoms with E-state index in [4.69, 9.17) is 4.74 Å². The first-order valence-electron chi connectivity index (χ1n) is 8.95. The maximum Gasteiger partial charge on any atom is 0.320 e. The van der Waals surface area contributed by atoms with Gasteiger partial charge in [0.2, 0.25) is 0 Å². The van der Waals surface area contributed by atoms with Gasteiger partial charge in [0.05, 0.1) is 6.61 Å². The number of nitrogens with zero attached hydrogens (tertiary/aromatic N) is 1. The quantitative estimate of drug-likeness (QED) is 0.928. The Morgan fingerprint density at radius 1 is 1.30 bits per heavy atom. The third kappa shape index (κ3) is 2.85. The molecule has 0 radical (unpaired) electrons. The van der Waals surface area contributed by atoms with Crippen molar-refractivity contribution in [1.29, 1.82) is 0 Å². The largest absolute Gasteiger partial charge is 0.493 e. The molecule has 2 fully saturated rings. The molecule has 4 heteroatoms. The molecule has 3 aliphatic rings. The highest BCUT2D eigenvalue weighted by Gasteiger charge is 2.44. The Hall–Kier alpha value is -1.55. The van der Waals surface area contributed by atoms with Crippen LogP contribution in [-0.4, -0.2) is 41.2 Å². The maximum absolute atomic E-state index is 11.7. The lowest BCUT2D eigenvalue weighted by atomic mass is 9.84. The second-order valence-electron chi connectivity index (χ2n) is 7.23. The van der Waals surface area contributed by atoms with Crippen LogP contribution in [0.15, 0.2) is 18.2 Å². The van der Waals surface area contributed by atoms with Crippen LogP contribution in [0.25, 0.3) is 0 Å². The van der Waals surface area contributed by atoms with Crippen molar-refractivity contribution in [2.45, 2.75) is 57.0 Å². The van der Waals surface area contributed by atoms with E-state index in [2.05, 4.69) is 23.1 Å². The Morgan fingerprint density at radius 2 is 2.17 bits per heavy atom. The summed E-state index contributed by atoms with van der Waals surface area (Å²) in [6.07, 6.45) is 7.67. The fourth-order valence-electron chi connectivity index (χ4n) is 4.77. The number of carboxylic acid groups (broad SMARTS) is 1. The molecule has 1 N–H and O–H groups in total. The highest BCUT2D eigenvalue weighted by Crippen LogP contribution is 2.39. The van der Waals surface area contributed by atoms with Gasteiger partial charge in [0.25, 0.3) is 0 Å². The molecule has 0 bridgehead atoms. The molecule has 3 atom stereocenters. The van der Waals surface area contributed by atoms with Crippen LogP contribution in [0.1, 0.15) is 43.2 Å². The number of hydrogen-bond donors (Lipinski definition) is 1. The third-order valence-electron chi connectivity index (χ3n) is 5.92. The molecule has 2 heterocycles. The monoisotopic (exact) mass is 315 g/mol. The van der Waals surface area contributed by atoms with Crippen molar-refractivity contribution in [1.82, 2.24) is 4.90 Å². The molecule has 124 valence electrons. The normalized spacial score (nSPS) is 29.8. The number of fused-ring (bicyclic) bond motifs is 2. The molecule has 1 aromatic carbocycles. The van der Waals surface area contributed by atoms with E-state index in [0.717, 1.165) is 38.2 Å². The summed E-state index contributed by atoms with van der Waals surface area (Å²) < 4.78 is 5.56. The van der Waals surface area contributed by atoms with Gasteiger partial charge in [-0.05, 0) is 48.8 Å². The predicted octanol–water partition coefficient (Wildman–Crippen LogP) is 2.88. The lowest BCUT2D eigenvalue weighted by Crippen LogP contribution is -2.43. The fourth-order valence-corrected chi connectivity index (χ4v) is 4.77. The smallest absolute Gasteiger partial charge is 0.320 e. The molecule has 1 aliphatic carbocycles. The number of benzene rings is 1. The molecule has 23 heavy (non-hydrogen) atoms. The number of likely N-dealkylation sites (tertiary alicyclic amines) is 1. The minimum Gasteiger partial charge on any atom is -0.493 e. The summed E-state index contributed by atoms with van der Waals surface area (Å²) in [7, 11) is 0. The number of hydrogen-bond acceptors (Lipinski definition) is 3. The van der Waals surface area contributed by atoms with E-state index in [1.54, 1.807) is 0 Å². The summed E-state index contributed by atoms with van der Waals surface area (Å²) in [5.41, 5.74) is 2.60. The summed E-state index contributed by atoms with van der Waals surface area (Å²) in [6.45, 7) is 1.65. The Bertz CT molecular complexity index is 600. The van der Waals surface area contributed by atoms with Gasteiger partial charge in [-0.15, -0.1) is 0 Å². The second kappa shape index (κ2) is 6.16. The highest BCUT2D eigenvalue weighted by molar-refractivity contribution is 5.74. The van der Waals surface area contributed by atoms with Crippen molar-refractivity contribution in [3.63, 3.8) is 0 Å². The van der Waals surface area contributed by atoms with Crippen LogP contribution in [0.4, 0.5) is 0 Å². The molecule has 0 spiro atoms. The van der Waals surface area contributed by atoms with Crippen molar-refractivity contribution >= 4 is 5.97 Å². The molecular formula is C19H25NO3. The molecule has 0 amide bonds. The number of ether oxygens (including phenoxy) is 1. The van der Waals surface area contributed by atoms with Gasteiger partial charge in [0.15, 0.2) is 0 Å². The van der Waals surface area contributed by atoms with Gasteiger partial charge in [-0.2, -0.15) is 0 Å². The maximum atomic E-state index is 11.7. The van der Waals surface area contributed by atoms with Crippen LogP contribution in [0.5, 0.6) is 5.75 Å². The summed E-state index contributed by atoms with van der Waals surface area (Å²) in [5.74, 6) is 0.978. The van der Waals surface area contributed by atoms with E-state index in [1.807, 2.05) is 0 Å². The lowest BCUT2D eigenvalue weighted by Gasteiger charge is -2.33. The number of aliphatic carboxylic acids is 1. The van der Waals surface area contributed by atoms with Crippen LogP contribution in [0.2, 0.25) is 0 Å². The SMILES string of the molecule is O=C(O)C1CC2CCCCC2N1CCc1ccc2c(c1)CCO2. The Kier molecular flexibility index (Phi) is 4.02. The van der Waals surface area contributed by atoms with Gasteiger partial charge in [-0.3, -0.25) is 9.69 Å². The van der Waals surface area contributed by atoms with Crippen LogP contribution in [0, 0.1) is 5.92 Å². The summed E-state index contributed by atoms with van der Waals surface area (Å²) in [4.78, 5) is 13.9.